The van der Waals surface area contributed by atoms with Crippen LogP contribution < -0.4 is 17.3 Å². The first-order valence-corrected chi connectivity index (χ1v) is 4.83. The van der Waals surface area contributed by atoms with Crippen molar-refractivity contribution in [1.29, 1.82) is 0 Å². The molecule has 80 valence electrons. The molecule has 0 aliphatic carbocycles. The average Bonchev–Trinajstić information content (AvgIpc) is 2.43. The van der Waals surface area contributed by atoms with Crippen molar-refractivity contribution in [2.24, 2.45) is 0 Å². The zero-order valence-corrected chi connectivity index (χ0v) is 8.86. The van der Waals surface area contributed by atoms with Gasteiger partial charge in [0, 0.05) is 5.69 Å². The first kappa shape index (κ1) is 9.64. The number of rotatable bonds is 1. The molecule has 5 heteroatoms. The largest absolute Gasteiger partial charge is 0.399 e. The molecule has 6 N–H and O–H groups in total. The highest BCUT2D eigenvalue weighted by Gasteiger charge is 2.13. The highest BCUT2D eigenvalue weighted by atomic mass is 15.4. The number of nitrogens with two attached hydrogens (primary N) is 3. The highest BCUT2D eigenvalue weighted by molar-refractivity contribution is 5.85. The van der Waals surface area contributed by atoms with E-state index < -0.39 is 0 Å². The van der Waals surface area contributed by atoms with E-state index in [1.54, 1.807) is 6.07 Å². The first-order chi connectivity index (χ1) is 7.00. The van der Waals surface area contributed by atoms with Gasteiger partial charge < -0.3 is 17.3 Å². The summed E-state index contributed by atoms with van der Waals surface area (Å²) in [6.07, 6.45) is 0. The third-order valence-corrected chi connectivity index (χ3v) is 2.50. The molecule has 0 spiro atoms. The lowest BCUT2D eigenvalue weighted by Crippen LogP contribution is -2.11. The zero-order valence-electron chi connectivity index (χ0n) is 8.86. The van der Waals surface area contributed by atoms with Crippen molar-refractivity contribution >= 4 is 22.7 Å². The predicted octanol–water partition coefficient (Wildman–Crippen LogP) is 1.04. The lowest BCUT2D eigenvalue weighted by Gasteiger charge is -2.07. The Morgan fingerprint density at radius 2 is 1.93 bits per heavy atom. The van der Waals surface area contributed by atoms with Gasteiger partial charge in [0.05, 0.1) is 11.0 Å². The molecule has 15 heavy (non-hydrogen) atoms. The maximum atomic E-state index is 5.80. The lowest BCUT2D eigenvalue weighted by atomic mass is 10.0. The first-order valence-electron chi connectivity index (χ1n) is 4.83. The van der Waals surface area contributed by atoms with E-state index in [1.807, 2.05) is 6.07 Å². The second-order valence-electron chi connectivity index (χ2n) is 3.97. The van der Waals surface area contributed by atoms with Crippen molar-refractivity contribution in [3.8, 4) is 0 Å². The van der Waals surface area contributed by atoms with E-state index in [0.29, 0.717) is 17.6 Å². The van der Waals surface area contributed by atoms with E-state index in [0.717, 1.165) is 16.6 Å². The molecular weight excluding hydrogens is 190 g/mol. The average molecular weight is 205 g/mol. The number of anilines is 2. The smallest absolute Gasteiger partial charge is 0.220 e. The van der Waals surface area contributed by atoms with Crippen LogP contribution in [0.25, 0.3) is 11.0 Å². The van der Waals surface area contributed by atoms with Gasteiger partial charge in [-0.15, -0.1) is 0 Å². The number of imidazole rings is 1. The van der Waals surface area contributed by atoms with Crippen LogP contribution in [0.4, 0.5) is 11.6 Å². The molecular formula is C10H15N5. The van der Waals surface area contributed by atoms with Gasteiger partial charge in [0.15, 0.2) is 0 Å². The highest BCUT2D eigenvalue weighted by Crippen LogP contribution is 2.28. The van der Waals surface area contributed by atoms with Crippen LogP contribution >= 0.6 is 0 Å². The maximum Gasteiger partial charge on any atom is 0.220 e. The minimum Gasteiger partial charge on any atom is -0.399 e. The molecule has 0 amide bonds. The van der Waals surface area contributed by atoms with E-state index in [2.05, 4.69) is 18.8 Å². The molecule has 5 nitrogen and oxygen atoms in total. The summed E-state index contributed by atoms with van der Waals surface area (Å²) in [5.74, 6) is 6.39. The van der Waals surface area contributed by atoms with E-state index in [4.69, 9.17) is 17.3 Å². The number of nitrogens with zero attached hydrogens (tertiary/aromatic N) is 2. The van der Waals surface area contributed by atoms with Gasteiger partial charge in [-0.25, -0.2) is 9.66 Å². The number of hydrogen-bond donors (Lipinski definition) is 3. The number of hydrogen-bond acceptors (Lipinski definition) is 4. The molecule has 1 aromatic carbocycles. The molecule has 0 unspecified atom stereocenters. The van der Waals surface area contributed by atoms with Crippen LogP contribution in [0, 0.1) is 0 Å². The normalized spacial score (nSPS) is 11.4. The lowest BCUT2D eigenvalue weighted by molar-refractivity contribution is 0.874. The van der Waals surface area contributed by atoms with Crippen LogP contribution in [0.5, 0.6) is 0 Å². The summed E-state index contributed by atoms with van der Waals surface area (Å²) < 4.78 is 1.36. The molecule has 0 bridgehead atoms. The fraction of sp³-hybridized carbons (Fsp3) is 0.300. The summed E-state index contributed by atoms with van der Waals surface area (Å²) >= 11 is 0. The van der Waals surface area contributed by atoms with E-state index in [9.17, 15) is 0 Å². The Balaban J connectivity index is 2.86. The van der Waals surface area contributed by atoms with Crippen LogP contribution in [-0.4, -0.2) is 9.66 Å². The number of nitrogen functional groups attached to an aromatic ring is 3. The van der Waals surface area contributed by atoms with Crippen molar-refractivity contribution in [3.05, 3.63) is 17.7 Å². The molecule has 0 aliphatic heterocycles. The van der Waals surface area contributed by atoms with Crippen LogP contribution in [-0.2, 0) is 0 Å². The Labute approximate surface area is 87.8 Å². The van der Waals surface area contributed by atoms with Crippen molar-refractivity contribution in [2.45, 2.75) is 19.8 Å². The van der Waals surface area contributed by atoms with E-state index in [-0.39, 0.29) is 0 Å². The summed E-state index contributed by atoms with van der Waals surface area (Å²) in [6, 6.07) is 3.70. The van der Waals surface area contributed by atoms with Crippen molar-refractivity contribution in [2.75, 3.05) is 17.3 Å². The summed E-state index contributed by atoms with van der Waals surface area (Å²) in [4.78, 5) is 4.24. The molecule has 0 saturated heterocycles. The second kappa shape index (κ2) is 3.05. The van der Waals surface area contributed by atoms with Gasteiger partial charge in [0.2, 0.25) is 5.95 Å². The summed E-state index contributed by atoms with van der Waals surface area (Å²) in [5.41, 5.74) is 14.8. The molecule has 0 saturated carbocycles. The Kier molecular flexibility index (Phi) is 1.96. The zero-order chi connectivity index (χ0) is 11.2. The second-order valence-corrected chi connectivity index (χ2v) is 3.97. The fourth-order valence-electron chi connectivity index (χ4n) is 1.70. The van der Waals surface area contributed by atoms with Crippen molar-refractivity contribution < 1.29 is 0 Å². The molecule has 1 heterocycles. The van der Waals surface area contributed by atoms with E-state index in [1.165, 1.54) is 4.68 Å². The Hall–Kier alpha value is -1.91. The molecule has 0 radical (unpaired) electrons. The van der Waals surface area contributed by atoms with Gasteiger partial charge in [0.1, 0.15) is 0 Å². The third-order valence-electron chi connectivity index (χ3n) is 2.50. The molecule has 0 aliphatic rings. The van der Waals surface area contributed by atoms with Gasteiger partial charge in [-0.3, -0.25) is 0 Å². The quantitative estimate of drug-likeness (QED) is 0.478. The summed E-state index contributed by atoms with van der Waals surface area (Å²) in [5, 5.41) is 0. The van der Waals surface area contributed by atoms with Crippen LogP contribution in [0.2, 0.25) is 0 Å². The SMILES string of the molecule is CC(C)c1cc(N)cc2c1nc(N)n2N. The number of benzene rings is 1. The molecule has 2 rings (SSSR count). The van der Waals surface area contributed by atoms with Gasteiger partial charge in [0.25, 0.3) is 0 Å². The van der Waals surface area contributed by atoms with Crippen LogP contribution in [0.15, 0.2) is 12.1 Å². The molecule has 0 fully saturated rings. The Morgan fingerprint density at radius 1 is 1.27 bits per heavy atom. The molecule has 1 aromatic heterocycles. The number of fused-ring (bicyclic) bond motifs is 1. The molecule has 0 atom stereocenters. The van der Waals surface area contributed by atoms with Crippen molar-refractivity contribution in [1.82, 2.24) is 9.66 Å². The van der Waals surface area contributed by atoms with Crippen LogP contribution in [0.3, 0.4) is 0 Å². The van der Waals surface area contributed by atoms with Gasteiger partial charge in [-0.05, 0) is 23.6 Å². The predicted molar refractivity (Wildman–Crippen MR) is 62.8 cm³/mol. The van der Waals surface area contributed by atoms with Gasteiger partial charge in [-0.1, -0.05) is 13.8 Å². The monoisotopic (exact) mass is 205 g/mol. The Morgan fingerprint density at radius 3 is 2.53 bits per heavy atom. The topological polar surface area (TPSA) is 95.9 Å². The van der Waals surface area contributed by atoms with Gasteiger partial charge in [-0.2, -0.15) is 0 Å². The third kappa shape index (κ3) is 1.36. The van der Waals surface area contributed by atoms with Crippen molar-refractivity contribution in [3.63, 3.8) is 0 Å². The summed E-state index contributed by atoms with van der Waals surface area (Å²) in [7, 11) is 0. The minimum atomic E-state index is 0.303. The summed E-state index contributed by atoms with van der Waals surface area (Å²) in [6.45, 7) is 4.17. The minimum absolute atomic E-state index is 0.303. The number of aromatic nitrogens is 2. The molecule has 2 aromatic rings. The van der Waals surface area contributed by atoms with Gasteiger partial charge >= 0.3 is 0 Å². The van der Waals surface area contributed by atoms with Crippen LogP contribution in [0.1, 0.15) is 25.3 Å². The fourth-order valence-corrected chi connectivity index (χ4v) is 1.70. The standard InChI is InChI=1S/C10H15N5/c1-5(2)7-3-6(11)4-8-9(7)14-10(12)15(8)13/h3-5H,11,13H2,1-2H3,(H2,12,14). The van der Waals surface area contributed by atoms with E-state index >= 15 is 0 Å². The Bertz CT molecular complexity index is 512. The maximum absolute atomic E-state index is 5.80.